The highest BCUT2D eigenvalue weighted by Crippen LogP contribution is 2.27. The second kappa shape index (κ2) is 4.63. The molecule has 1 rings (SSSR count). The van der Waals surface area contributed by atoms with Gasteiger partial charge in [0.2, 0.25) is 0 Å². The molecule has 0 heterocycles. The Balaban J connectivity index is 2.96. The lowest BCUT2D eigenvalue weighted by molar-refractivity contribution is 0.466. The summed E-state index contributed by atoms with van der Waals surface area (Å²) >= 11 is 3.44. The van der Waals surface area contributed by atoms with Crippen LogP contribution >= 0.6 is 15.9 Å². The molecule has 0 saturated heterocycles. The maximum absolute atomic E-state index is 9.59. The number of aromatic hydroxyl groups is 1. The van der Waals surface area contributed by atoms with Crippen LogP contribution in [0.3, 0.4) is 0 Å². The molecule has 0 radical (unpaired) electrons. The maximum atomic E-state index is 9.59. The molecule has 0 spiro atoms. The molecular weight excluding hydrogens is 230 g/mol. The van der Waals surface area contributed by atoms with E-state index in [2.05, 4.69) is 21.2 Å². The minimum atomic E-state index is 0.385. The second-order valence-electron chi connectivity index (χ2n) is 3.02. The van der Waals surface area contributed by atoms with E-state index >= 15 is 0 Å². The fourth-order valence-electron chi connectivity index (χ4n) is 1.28. The number of rotatable bonds is 3. The highest BCUT2D eigenvalue weighted by molar-refractivity contribution is 9.10. The number of likely N-dealkylation sites (N-methyl/N-ethyl adjacent to an activating group) is 1. The number of phenolic OH excluding ortho intramolecular Hbond substituents is 1. The molecule has 2 nitrogen and oxygen atoms in total. The Morgan fingerprint density at radius 3 is 2.77 bits per heavy atom. The molecule has 0 aromatic heterocycles. The molecule has 0 aliphatic heterocycles. The van der Waals surface area contributed by atoms with Crippen LogP contribution in [0, 0.1) is 6.92 Å². The van der Waals surface area contributed by atoms with Crippen molar-refractivity contribution in [2.75, 3.05) is 13.6 Å². The van der Waals surface area contributed by atoms with Crippen molar-refractivity contribution in [2.24, 2.45) is 0 Å². The van der Waals surface area contributed by atoms with Gasteiger partial charge in [-0.05, 0) is 50.2 Å². The molecule has 13 heavy (non-hydrogen) atoms. The van der Waals surface area contributed by atoms with Crippen molar-refractivity contribution in [2.45, 2.75) is 13.3 Å². The van der Waals surface area contributed by atoms with E-state index in [0.717, 1.165) is 28.6 Å². The largest absolute Gasteiger partial charge is 0.508 e. The summed E-state index contributed by atoms with van der Waals surface area (Å²) in [5, 5.41) is 12.7. The summed E-state index contributed by atoms with van der Waals surface area (Å²) in [6, 6.07) is 3.59. The minimum Gasteiger partial charge on any atom is -0.508 e. The second-order valence-corrected chi connectivity index (χ2v) is 3.88. The van der Waals surface area contributed by atoms with Crippen LogP contribution in [0.25, 0.3) is 0 Å². The molecule has 3 heteroatoms. The van der Waals surface area contributed by atoms with Crippen molar-refractivity contribution in [1.82, 2.24) is 5.32 Å². The molecule has 0 aliphatic rings. The van der Waals surface area contributed by atoms with E-state index in [0.29, 0.717) is 5.75 Å². The van der Waals surface area contributed by atoms with Crippen LogP contribution in [-0.2, 0) is 6.42 Å². The molecule has 0 atom stereocenters. The Morgan fingerprint density at radius 1 is 1.46 bits per heavy atom. The van der Waals surface area contributed by atoms with Crippen LogP contribution in [0.4, 0.5) is 0 Å². The third-order valence-electron chi connectivity index (χ3n) is 2.13. The quantitative estimate of drug-likeness (QED) is 0.854. The van der Waals surface area contributed by atoms with Gasteiger partial charge in [-0.2, -0.15) is 0 Å². The van der Waals surface area contributed by atoms with E-state index < -0.39 is 0 Å². The van der Waals surface area contributed by atoms with Gasteiger partial charge >= 0.3 is 0 Å². The fraction of sp³-hybridized carbons (Fsp3) is 0.400. The number of halogens is 1. The van der Waals surface area contributed by atoms with E-state index in [1.54, 1.807) is 6.07 Å². The van der Waals surface area contributed by atoms with Crippen molar-refractivity contribution in [3.05, 3.63) is 27.7 Å². The topological polar surface area (TPSA) is 32.3 Å². The number of hydrogen-bond acceptors (Lipinski definition) is 2. The SMILES string of the molecule is CNCCc1c(O)ccc(Br)c1C. The number of phenols is 1. The van der Waals surface area contributed by atoms with Gasteiger partial charge in [0.15, 0.2) is 0 Å². The lowest BCUT2D eigenvalue weighted by Gasteiger charge is -2.09. The summed E-state index contributed by atoms with van der Waals surface area (Å²) in [5.41, 5.74) is 2.14. The standard InChI is InChI=1S/C10H14BrNO/c1-7-8(5-6-12-2)10(13)4-3-9(7)11/h3-4,12-13H,5-6H2,1-2H3. The summed E-state index contributed by atoms with van der Waals surface area (Å²) in [5.74, 6) is 0.385. The van der Waals surface area contributed by atoms with Gasteiger partial charge in [0.25, 0.3) is 0 Å². The number of benzene rings is 1. The van der Waals surface area contributed by atoms with Crippen LogP contribution in [0.15, 0.2) is 16.6 Å². The van der Waals surface area contributed by atoms with Crippen LogP contribution < -0.4 is 5.32 Å². The smallest absolute Gasteiger partial charge is 0.119 e. The first-order valence-electron chi connectivity index (χ1n) is 4.28. The van der Waals surface area contributed by atoms with Crippen LogP contribution in [0.2, 0.25) is 0 Å². The van der Waals surface area contributed by atoms with Gasteiger partial charge in [0, 0.05) is 4.47 Å². The number of hydrogen-bond donors (Lipinski definition) is 2. The molecule has 1 aromatic carbocycles. The summed E-state index contributed by atoms with van der Waals surface area (Å²) in [6.07, 6.45) is 0.855. The fourth-order valence-corrected chi connectivity index (χ4v) is 1.65. The Kier molecular flexibility index (Phi) is 3.75. The molecule has 0 unspecified atom stereocenters. The van der Waals surface area contributed by atoms with Gasteiger partial charge in [-0.3, -0.25) is 0 Å². The molecule has 0 fully saturated rings. The van der Waals surface area contributed by atoms with Crippen molar-refractivity contribution >= 4 is 15.9 Å². The Bertz CT molecular complexity index is 299. The number of nitrogens with one attached hydrogen (secondary N) is 1. The Morgan fingerprint density at radius 2 is 2.15 bits per heavy atom. The molecular formula is C10H14BrNO. The molecule has 0 amide bonds. The van der Waals surface area contributed by atoms with Crippen molar-refractivity contribution in [3.8, 4) is 5.75 Å². The van der Waals surface area contributed by atoms with E-state index in [9.17, 15) is 5.11 Å². The summed E-state index contributed by atoms with van der Waals surface area (Å²) in [7, 11) is 1.91. The monoisotopic (exact) mass is 243 g/mol. The van der Waals surface area contributed by atoms with Gasteiger partial charge in [0.05, 0.1) is 0 Å². The Hall–Kier alpha value is -0.540. The molecule has 72 valence electrons. The van der Waals surface area contributed by atoms with Gasteiger partial charge in [-0.1, -0.05) is 15.9 Å². The van der Waals surface area contributed by atoms with Crippen molar-refractivity contribution in [1.29, 1.82) is 0 Å². The average molecular weight is 244 g/mol. The zero-order valence-electron chi connectivity index (χ0n) is 7.89. The first-order valence-corrected chi connectivity index (χ1v) is 5.07. The van der Waals surface area contributed by atoms with E-state index in [4.69, 9.17) is 0 Å². The van der Waals surface area contributed by atoms with Gasteiger partial charge in [-0.15, -0.1) is 0 Å². The van der Waals surface area contributed by atoms with Crippen LogP contribution in [-0.4, -0.2) is 18.7 Å². The van der Waals surface area contributed by atoms with Crippen molar-refractivity contribution in [3.63, 3.8) is 0 Å². The summed E-state index contributed by atoms with van der Waals surface area (Å²) in [4.78, 5) is 0. The van der Waals surface area contributed by atoms with Crippen LogP contribution in [0.5, 0.6) is 5.75 Å². The zero-order chi connectivity index (χ0) is 9.84. The first-order chi connectivity index (χ1) is 6.16. The lowest BCUT2D eigenvalue weighted by atomic mass is 10.0. The zero-order valence-corrected chi connectivity index (χ0v) is 9.48. The summed E-state index contributed by atoms with van der Waals surface area (Å²) < 4.78 is 1.05. The molecule has 0 saturated carbocycles. The molecule has 2 N–H and O–H groups in total. The van der Waals surface area contributed by atoms with Gasteiger partial charge in [0.1, 0.15) is 5.75 Å². The highest BCUT2D eigenvalue weighted by atomic mass is 79.9. The summed E-state index contributed by atoms with van der Waals surface area (Å²) in [6.45, 7) is 2.89. The average Bonchev–Trinajstić information content (AvgIpc) is 2.12. The van der Waals surface area contributed by atoms with Crippen LogP contribution in [0.1, 0.15) is 11.1 Å². The maximum Gasteiger partial charge on any atom is 0.119 e. The van der Waals surface area contributed by atoms with E-state index in [1.807, 2.05) is 20.0 Å². The minimum absolute atomic E-state index is 0.385. The first kappa shape index (κ1) is 10.5. The Labute approximate surface area is 87.1 Å². The highest BCUT2D eigenvalue weighted by Gasteiger charge is 2.06. The van der Waals surface area contributed by atoms with Gasteiger partial charge in [-0.25, -0.2) is 0 Å². The third kappa shape index (κ3) is 2.45. The van der Waals surface area contributed by atoms with E-state index in [1.165, 1.54) is 0 Å². The molecule has 1 aromatic rings. The predicted molar refractivity (Wildman–Crippen MR) is 58.2 cm³/mol. The lowest BCUT2D eigenvalue weighted by Crippen LogP contribution is -2.11. The van der Waals surface area contributed by atoms with E-state index in [-0.39, 0.29) is 0 Å². The third-order valence-corrected chi connectivity index (χ3v) is 2.99. The molecule has 0 aliphatic carbocycles. The van der Waals surface area contributed by atoms with Crippen molar-refractivity contribution < 1.29 is 5.11 Å². The van der Waals surface area contributed by atoms with Gasteiger partial charge < -0.3 is 10.4 Å². The normalized spacial score (nSPS) is 10.4. The predicted octanol–water partition coefficient (Wildman–Crippen LogP) is 2.23. The molecule has 0 bridgehead atoms.